The van der Waals surface area contributed by atoms with Crippen molar-refractivity contribution in [3.8, 4) is 0 Å². The molecule has 21 heavy (non-hydrogen) atoms. The van der Waals surface area contributed by atoms with E-state index >= 15 is 0 Å². The highest BCUT2D eigenvalue weighted by Gasteiger charge is 2.37. The van der Waals surface area contributed by atoms with Gasteiger partial charge in [0.15, 0.2) is 0 Å². The Morgan fingerprint density at radius 1 is 1.43 bits per heavy atom. The number of carbonyl (C=O) groups is 1. The predicted octanol–water partition coefficient (Wildman–Crippen LogP) is 0.269. The molecule has 0 amide bonds. The zero-order valence-corrected chi connectivity index (χ0v) is 11.6. The number of aromatic carboxylic acids is 1. The molecule has 0 saturated carbocycles. The van der Waals surface area contributed by atoms with Crippen molar-refractivity contribution in [2.75, 3.05) is 19.7 Å². The molecule has 0 aliphatic rings. The molecule has 0 fully saturated rings. The number of aliphatic hydroxyl groups is 1. The smallest absolute Gasteiger partial charge is 0.402 e. The van der Waals surface area contributed by atoms with Gasteiger partial charge in [0.2, 0.25) is 10.0 Å². The van der Waals surface area contributed by atoms with Crippen molar-refractivity contribution >= 4 is 16.0 Å². The number of sulfonamides is 1. The molecule has 0 spiro atoms. The molecule has 0 saturated heterocycles. The van der Waals surface area contributed by atoms with Gasteiger partial charge in [-0.1, -0.05) is 0 Å². The van der Waals surface area contributed by atoms with E-state index in [2.05, 4.69) is 0 Å². The molecule has 1 aromatic heterocycles. The van der Waals surface area contributed by atoms with E-state index in [-0.39, 0.29) is 10.00 Å². The highest BCUT2D eigenvalue weighted by atomic mass is 32.2. The van der Waals surface area contributed by atoms with Crippen LogP contribution < -0.4 is 0 Å². The minimum atomic E-state index is -4.79. The quantitative estimate of drug-likeness (QED) is 0.780. The van der Waals surface area contributed by atoms with Crippen LogP contribution in [0, 0.1) is 0 Å². The van der Waals surface area contributed by atoms with Gasteiger partial charge in [-0.05, 0) is 6.07 Å². The predicted molar refractivity (Wildman–Crippen MR) is 64.3 cm³/mol. The van der Waals surface area contributed by atoms with E-state index in [0.717, 1.165) is 16.8 Å². The Bertz CT molecular complexity index is 623. The highest BCUT2D eigenvalue weighted by Crippen LogP contribution is 2.23. The molecule has 1 rings (SSSR count). The van der Waals surface area contributed by atoms with Gasteiger partial charge in [-0.3, -0.25) is 0 Å². The fourth-order valence-corrected chi connectivity index (χ4v) is 3.12. The number of halogens is 3. The fourth-order valence-electron chi connectivity index (χ4n) is 1.63. The summed E-state index contributed by atoms with van der Waals surface area (Å²) in [7, 11) is -3.31. The fraction of sp³-hybridized carbons (Fsp3) is 0.500. The molecule has 0 radical (unpaired) electrons. The van der Waals surface area contributed by atoms with Crippen LogP contribution in [0.3, 0.4) is 0 Å². The molecule has 0 aromatic carbocycles. The van der Waals surface area contributed by atoms with Gasteiger partial charge in [0.1, 0.15) is 17.1 Å². The average Bonchev–Trinajstić information content (AvgIpc) is 2.69. The molecule has 0 unspecified atom stereocenters. The number of rotatable bonds is 6. The molecular weight excluding hydrogens is 317 g/mol. The topological polar surface area (TPSA) is 99.8 Å². The van der Waals surface area contributed by atoms with Crippen molar-refractivity contribution in [2.45, 2.75) is 11.1 Å². The van der Waals surface area contributed by atoms with Crippen LogP contribution in [0.4, 0.5) is 13.2 Å². The summed E-state index contributed by atoms with van der Waals surface area (Å²) in [5.41, 5.74) is -0.385. The van der Waals surface area contributed by atoms with Gasteiger partial charge in [-0.15, -0.1) is 0 Å². The van der Waals surface area contributed by atoms with Crippen LogP contribution in [0.5, 0.6) is 0 Å². The lowest BCUT2D eigenvalue weighted by Crippen LogP contribution is -2.40. The summed E-state index contributed by atoms with van der Waals surface area (Å²) in [6.45, 7) is -3.32. The first-order valence-electron chi connectivity index (χ1n) is 5.56. The van der Waals surface area contributed by atoms with Crippen molar-refractivity contribution in [1.82, 2.24) is 8.87 Å². The van der Waals surface area contributed by atoms with Crippen LogP contribution in [0.15, 0.2) is 17.2 Å². The minimum absolute atomic E-state index is 0.0496. The summed E-state index contributed by atoms with van der Waals surface area (Å²) < 4.78 is 62.4. The van der Waals surface area contributed by atoms with E-state index in [1.807, 2.05) is 0 Å². The van der Waals surface area contributed by atoms with Crippen molar-refractivity contribution in [3.05, 3.63) is 18.0 Å². The molecule has 7 nitrogen and oxygen atoms in total. The summed E-state index contributed by atoms with van der Waals surface area (Å²) in [4.78, 5) is 10.3. The van der Waals surface area contributed by atoms with Crippen LogP contribution >= 0.6 is 0 Å². The number of nitrogens with zero attached hydrogens (tertiary/aromatic N) is 2. The van der Waals surface area contributed by atoms with Gasteiger partial charge >= 0.3 is 12.1 Å². The third-order valence-electron chi connectivity index (χ3n) is 2.54. The standard InChI is InChI=1S/C10H13F3N2O5S/c1-14-5-7(4-8(14)9(17)18)21(19,20)15(2-3-16)6-10(11,12)13/h4-5,16H,2-3,6H2,1H3,(H,17,18). The Labute approximate surface area is 118 Å². The van der Waals surface area contributed by atoms with Gasteiger partial charge in [-0.25, -0.2) is 13.2 Å². The average molecular weight is 330 g/mol. The molecule has 1 heterocycles. The second kappa shape index (κ2) is 6.03. The molecule has 0 atom stereocenters. The highest BCUT2D eigenvalue weighted by molar-refractivity contribution is 7.89. The van der Waals surface area contributed by atoms with Crippen LogP contribution in [-0.4, -0.2) is 59.3 Å². The maximum atomic E-state index is 12.4. The molecule has 0 aliphatic heterocycles. The van der Waals surface area contributed by atoms with E-state index in [9.17, 15) is 26.4 Å². The van der Waals surface area contributed by atoms with Crippen LogP contribution in [0.25, 0.3) is 0 Å². The van der Waals surface area contributed by atoms with Gasteiger partial charge in [0.25, 0.3) is 0 Å². The second-order valence-electron chi connectivity index (χ2n) is 4.15. The third kappa shape index (κ3) is 4.19. The summed E-state index contributed by atoms with van der Waals surface area (Å²) in [6, 6.07) is 0.762. The third-order valence-corrected chi connectivity index (χ3v) is 4.35. The minimum Gasteiger partial charge on any atom is -0.477 e. The summed E-state index contributed by atoms with van der Waals surface area (Å²) in [5.74, 6) is -1.41. The number of hydrogen-bond acceptors (Lipinski definition) is 4. The Hall–Kier alpha value is -1.59. The number of carboxylic acid groups (broad SMARTS) is 1. The number of aliphatic hydroxyl groups excluding tert-OH is 1. The van der Waals surface area contributed by atoms with Crippen LogP contribution in [-0.2, 0) is 17.1 Å². The Balaban J connectivity index is 3.23. The Kier molecular flexibility index (Phi) is 5.02. The van der Waals surface area contributed by atoms with E-state index in [0.29, 0.717) is 0 Å². The molecule has 1 aromatic rings. The lowest BCUT2D eigenvalue weighted by atomic mass is 10.4. The molecule has 0 aliphatic carbocycles. The lowest BCUT2D eigenvalue weighted by molar-refractivity contribution is -0.136. The molecular formula is C10H13F3N2O5S. The number of aryl methyl sites for hydroxylation is 1. The number of hydrogen-bond donors (Lipinski definition) is 2. The molecule has 2 N–H and O–H groups in total. The van der Waals surface area contributed by atoms with Crippen LogP contribution in [0.2, 0.25) is 0 Å². The maximum absolute atomic E-state index is 12.4. The van der Waals surface area contributed by atoms with Gasteiger partial charge in [0, 0.05) is 19.8 Å². The summed E-state index contributed by atoms with van der Waals surface area (Å²) in [6.07, 6.45) is -3.88. The van der Waals surface area contributed by atoms with Gasteiger partial charge in [0.05, 0.1) is 6.61 Å². The van der Waals surface area contributed by atoms with Gasteiger partial charge < -0.3 is 14.8 Å². The van der Waals surface area contributed by atoms with Crippen molar-refractivity contribution in [3.63, 3.8) is 0 Å². The Morgan fingerprint density at radius 3 is 2.38 bits per heavy atom. The molecule has 11 heteroatoms. The Morgan fingerprint density at radius 2 is 2.00 bits per heavy atom. The summed E-state index contributed by atoms with van der Waals surface area (Å²) >= 11 is 0. The normalized spacial score (nSPS) is 12.9. The first kappa shape index (κ1) is 17.5. The van der Waals surface area contributed by atoms with E-state index < -0.39 is 46.8 Å². The van der Waals surface area contributed by atoms with Crippen molar-refractivity contribution < 1.29 is 36.6 Å². The SMILES string of the molecule is Cn1cc(S(=O)(=O)N(CCO)CC(F)(F)F)cc1C(=O)O. The lowest BCUT2D eigenvalue weighted by Gasteiger charge is -2.21. The van der Waals surface area contributed by atoms with E-state index in [1.165, 1.54) is 7.05 Å². The van der Waals surface area contributed by atoms with Crippen molar-refractivity contribution in [2.24, 2.45) is 7.05 Å². The molecule has 0 bridgehead atoms. The number of carboxylic acids is 1. The van der Waals surface area contributed by atoms with E-state index in [1.54, 1.807) is 0 Å². The van der Waals surface area contributed by atoms with Crippen LogP contribution in [0.1, 0.15) is 10.5 Å². The second-order valence-corrected chi connectivity index (χ2v) is 6.09. The first-order valence-corrected chi connectivity index (χ1v) is 7.00. The van der Waals surface area contributed by atoms with Gasteiger partial charge in [-0.2, -0.15) is 17.5 Å². The largest absolute Gasteiger partial charge is 0.477 e. The zero-order chi connectivity index (χ0) is 16.4. The number of aromatic nitrogens is 1. The first-order chi connectivity index (χ1) is 9.49. The monoisotopic (exact) mass is 330 g/mol. The maximum Gasteiger partial charge on any atom is 0.402 e. The van der Waals surface area contributed by atoms with E-state index in [4.69, 9.17) is 10.2 Å². The number of alkyl halides is 3. The van der Waals surface area contributed by atoms with Crippen molar-refractivity contribution in [1.29, 1.82) is 0 Å². The molecule has 120 valence electrons. The zero-order valence-electron chi connectivity index (χ0n) is 10.8. The summed E-state index contributed by atoms with van der Waals surface area (Å²) in [5, 5.41) is 17.5.